The number of piperidine rings is 1. The second-order valence-corrected chi connectivity index (χ2v) is 7.87. The number of rotatable bonds is 3. The number of carboxylic acids is 1. The second kappa shape index (κ2) is 5.20. The molecule has 1 aromatic rings. The molecule has 106 valence electrons. The van der Waals surface area contributed by atoms with Gasteiger partial charge in [-0.15, -0.1) is 11.3 Å². The number of hydrogen-bond donors (Lipinski definition) is 2. The Morgan fingerprint density at radius 3 is 2.68 bits per heavy atom. The summed E-state index contributed by atoms with van der Waals surface area (Å²) in [6, 6.07) is 2.61. The third kappa shape index (κ3) is 2.81. The van der Waals surface area contributed by atoms with Gasteiger partial charge in [-0.2, -0.15) is 4.31 Å². The Labute approximate surface area is 115 Å². The van der Waals surface area contributed by atoms with Gasteiger partial charge in [-0.1, -0.05) is 6.92 Å². The molecule has 0 radical (unpaired) electrons. The minimum absolute atomic E-state index is 0.00340. The molecule has 1 aliphatic rings. The number of thiophene rings is 1. The van der Waals surface area contributed by atoms with Crippen LogP contribution in [-0.4, -0.2) is 48.1 Å². The zero-order chi connectivity index (χ0) is 14.2. The highest BCUT2D eigenvalue weighted by Gasteiger charge is 2.33. The monoisotopic (exact) mass is 305 g/mol. The molecule has 2 heterocycles. The van der Waals surface area contributed by atoms with E-state index >= 15 is 0 Å². The van der Waals surface area contributed by atoms with Crippen LogP contribution in [0.4, 0.5) is 0 Å². The number of aliphatic hydroxyl groups excluding tert-OH is 1. The molecule has 2 atom stereocenters. The summed E-state index contributed by atoms with van der Waals surface area (Å²) < 4.78 is 26.0. The lowest BCUT2D eigenvalue weighted by molar-refractivity contribution is 0.0629. The first-order chi connectivity index (χ1) is 8.82. The fourth-order valence-corrected chi connectivity index (χ4v) is 4.87. The van der Waals surface area contributed by atoms with E-state index < -0.39 is 22.1 Å². The SMILES string of the molecule is CC1CN(S(=O)(=O)c2ccc(C(=O)O)s2)CCC1O. The molecule has 8 heteroatoms. The van der Waals surface area contributed by atoms with Crippen molar-refractivity contribution in [2.75, 3.05) is 13.1 Å². The van der Waals surface area contributed by atoms with Crippen molar-refractivity contribution in [3.63, 3.8) is 0 Å². The van der Waals surface area contributed by atoms with E-state index in [0.29, 0.717) is 6.42 Å². The van der Waals surface area contributed by atoms with Crippen molar-refractivity contribution < 1.29 is 23.4 Å². The van der Waals surface area contributed by atoms with Crippen molar-refractivity contribution in [1.29, 1.82) is 0 Å². The third-order valence-corrected chi connectivity index (χ3v) is 6.61. The van der Waals surface area contributed by atoms with E-state index in [9.17, 15) is 18.3 Å². The summed E-state index contributed by atoms with van der Waals surface area (Å²) >= 11 is 0.752. The van der Waals surface area contributed by atoms with Gasteiger partial charge in [0.25, 0.3) is 10.0 Å². The van der Waals surface area contributed by atoms with Crippen molar-refractivity contribution in [3.8, 4) is 0 Å². The van der Waals surface area contributed by atoms with E-state index in [2.05, 4.69) is 0 Å². The molecule has 1 fully saturated rings. The van der Waals surface area contributed by atoms with Crippen LogP contribution in [0.15, 0.2) is 16.3 Å². The van der Waals surface area contributed by atoms with Crippen LogP contribution >= 0.6 is 11.3 Å². The molecule has 0 aromatic carbocycles. The largest absolute Gasteiger partial charge is 0.477 e. The molecule has 1 saturated heterocycles. The van der Waals surface area contributed by atoms with Gasteiger partial charge in [-0.25, -0.2) is 13.2 Å². The molecule has 2 N–H and O–H groups in total. The average molecular weight is 305 g/mol. The molecule has 1 aromatic heterocycles. The Bertz CT molecular complexity index is 580. The minimum Gasteiger partial charge on any atom is -0.477 e. The standard InChI is InChI=1S/C11H15NO5S2/c1-7-6-12(5-4-8(7)13)19(16,17)10-3-2-9(18-10)11(14)15/h2-3,7-8,13H,4-6H2,1H3,(H,14,15). The van der Waals surface area contributed by atoms with Gasteiger partial charge in [0, 0.05) is 13.1 Å². The predicted molar refractivity (Wildman–Crippen MR) is 69.8 cm³/mol. The first kappa shape index (κ1) is 14.4. The predicted octanol–water partition coefficient (Wildman–Crippen LogP) is 0.838. The Balaban J connectivity index is 2.24. The van der Waals surface area contributed by atoms with Crippen molar-refractivity contribution in [1.82, 2.24) is 4.31 Å². The topological polar surface area (TPSA) is 94.9 Å². The molecule has 0 aliphatic carbocycles. The first-order valence-corrected chi connectivity index (χ1v) is 8.09. The highest BCUT2D eigenvalue weighted by molar-refractivity contribution is 7.91. The molecular formula is C11H15NO5S2. The summed E-state index contributed by atoms with van der Waals surface area (Å²) in [6.45, 7) is 2.31. The molecule has 6 nitrogen and oxygen atoms in total. The molecule has 0 bridgehead atoms. The van der Waals surface area contributed by atoms with Crippen LogP contribution in [-0.2, 0) is 10.0 Å². The van der Waals surface area contributed by atoms with Gasteiger partial charge in [0.1, 0.15) is 9.09 Å². The van der Waals surface area contributed by atoms with Crippen LogP contribution in [0.1, 0.15) is 23.0 Å². The van der Waals surface area contributed by atoms with Crippen LogP contribution in [0.25, 0.3) is 0 Å². The molecule has 0 spiro atoms. The molecule has 19 heavy (non-hydrogen) atoms. The summed E-state index contributed by atoms with van der Waals surface area (Å²) in [5, 5.41) is 18.4. The summed E-state index contributed by atoms with van der Waals surface area (Å²) in [5.74, 6) is -1.25. The fraction of sp³-hybridized carbons (Fsp3) is 0.545. The van der Waals surface area contributed by atoms with Crippen molar-refractivity contribution in [3.05, 3.63) is 17.0 Å². The Hall–Kier alpha value is -0.960. The first-order valence-electron chi connectivity index (χ1n) is 5.83. The fourth-order valence-electron chi connectivity index (χ4n) is 2.01. The van der Waals surface area contributed by atoms with Gasteiger partial charge in [0.15, 0.2) is 0 Å². The molecule has 2 unspecified atom stereocenters. The Morgan fingerprint density at radius 2 is 2.16 bits per heavy atom. The maximum absolute atomic E-state index is 12.3. The van der Waals surface area contributed by atoms with Crippen LogP contribution in [0, 0.1) is 5.92 Å². The van der Waals surface area contributed by atoms with E-state index in [1.54, 1.807) is 6.92 Å². The van der Waals surface area contributed by atoms with Gasteiger partial charge in [-0.05, 0) is 24.5 Å². The van der Waals surface area contributed by atoms with Crippen LogP contribution in [0.5, 0.6) is 0 Å². The smallest absolute Gasteiger partial charge is 0.345 e. The number of aromatic carboxylic acids is 1. The van der Waals surface area contributed by atoms with Crippen molar-refractivity contribution in [2.45, 2.75) is 23.7 Å². The number of hydrogen-bond acceptors (Lipinski definition) is 5. The van der Waals surface area contributed by atoms with Gasteiger partial charge < -0.3 is 10.2 Å². The van der Waals surface area contributed by atoms with Gasteiger partial charge in [0.2, 0.25) is 0 Å². The lowest BCUT2D eigenvalue weighted by Gasteiger charge is -2.33. The molecule has 1 aliphatic heterocycles. The van der Waals surface area contributed by atoms with E-state index in [1.165, 1.54) is 16.4 Å². The van der Waals surface area contributed by atoms with E-state index in [1.807, 2.05) is 0 Å². The van der Waals surface area contributed by atoms with Gasteiger partial charge in [0.05, 0.1) is 6.10 Å². The number of carbonyl (C=O) groups is 1. The number of aliphatic hydroxyl groups is 1. The third-order valence-electron chi connectivity index (χ3n) is 3.21. The van der Waals surface area contributed by atoms with E-state index in [-0.39, 0.29) is 28.1 Å². The van der Waals surface area contributed by atoms with Gasteiger partial charge >= 0.3 is 5.97 Å². The Kier molecular flexibility index (Phi) is 3.95. The molecule has 0 amide bonds. The zero-order valence-electron chi connectivity index (χ0n) is 10.3. The quantitative estimate of drug-likeness (QED) is 0.863. The summed E-state index contributed by atoms with van der Waals surface area (Å²) in [7, 11) is -3.65. The normalized spacial score (nSPS) is 25.4. The highest BCUT2D eigenvalue weighted by Crippen LogP contribution is 2.28. The maximum atomic E-state index is 12.3. The van der Waals surface area contributed by atoms with Crippen LogP contribution in [0.3, 0.4) is 0 Å². The molecule has 2 rings (SSSR count). The zero-order valence-corrected chi connectivity index (χ0v) is 11.9. The van der Waals surface area contributed by atoms with Gasteiger partial charge in [-0.3, -0.25) is 0 Å². The minimum atomic E-state index is -3.65. The summed E-state index contributed by atoms with van der Waals surface area (Å²) in [4.78, 5) is 10.8. The van der Waals surface area contributed by atoms with E-state index in [0.717, 1.165) is 11.3 Å². The number of nitrogens with zero attached hydrogens (tertiary/aromatic N) is 1. The van der Waals surface area contributed by atoms with Crippen LogP contribution < -0.4 is 0 Å². The summed E-state index contributed by atoms with van der Waals surface area (Å²) in [6.07, 6.45) is -0.0817. The van der Waals surface area contributed by atoms with Crippen LogP contribution in [0.2, 0.25) is 0 Å². The lowest BCUT2D eigenvalue weighted by atomic mass is 9.99. The molecular weight excluding hydrogens is 290 g/mol. The van der Waals surface area contributed by atoms with E-state index in [4.69, 9.17) is 5.11 Å². The number of sulfonamides is 1. The lowest BCUT2D eigenvalue weighted by Crippen LogP contribution is -2.44. The highest BCUT2D eigenvalue weighted by atomic mass is 32.2. The average Bonchev–Trinajstić information content (AvgIpc) is 2.82. The Morgan fingerprint density at radius 1 is 1.47 bits per heavy atom. The van der Waals surface area contributed by atoms with Crippen molar-refractivity contribution in [2.24, 2.45) is 5.92 Å². The summed E-state index contributed by atoms with van der Waals surface area (Å²) in [5.41, 5.74) is 0. The maximum Gasteiger partial charge on any atom is 0.345 e. The second-order valence-electron chi connectivity index (χ2n) is 4.62. The van der Waals surface area contributed by atoms with Crippen molar-refractivity contribution >= 4 is 27.3 Å². The molecule has 0 saturated carbocycles. The number of carboxylic acid groups (broad SMARTS) is 1.